The summed E-state index contributed by atoms with van der Waals surface area (Å²) in [5.74, 6) is 0.732. The van der Waals surface area contributed by atoms with Gasteiger partial charge in [-0.25, -0.2) is 4.79 Å². The molecule has 0 aliphatic rings. The molecule has 0 radical (unpaired) electrons. The molecule has 0 atom stereocenters. The van der Waals surface area contributed by atoms with Crippen LogP contribution in [0.5, 0.6) is 0 Å². The van der Waals surface area contributed by atoms with Crippen molar-refractivity contribution in [3.63, 3.8) is 0 Å². The molecule has 8 nitrogen and oxygen atoms in total. The van der Waals surface area contributed by atoms with E-state index in [4.69, 9.17) is 4.52 Å². The summed E-state index contributed by atoms with van der Waals surface area (Å²) in [7, 11) is 0. The molecular formula is C14H9BrN6O2S. The fourth-order valence-corrected chi connectivity index (χ4v) is 3.16. The van der Waals surface area contributed by atoms with Gasteiger partial charge in [0.2, 0.25) is 11.7 Å². The van der Waals surface area contributed by atoms with Crippen molar-refractivity contribution in [2.45, 2.75) is 6.54 Å². The minimum absolute atomic E-state index is 0.0607. The molecule has 4 rings (SSSR count). The monoisotopic (exact) mass is 404 g/mol. The Morgan fingerprint density at radius 1 is 1.21 bits per heavy atom. The van der Waals surface area contributed by atoms with Crippen LogP contribution in [0.3, 0.4) is 0 Å². The Balaban J connectivity index is 1.60. The van der Waals surface area contributed by atoms with Gasteiger partial charge < -0.3 is 4.52 Å². The Kier molecular flexibility index (Phi) is 3.82. The van der Waals surface area contributed by atoms with Gasteiger partial charge in [0.05, 0.1) is 0 Å². The highest BCUT2D eigenvalue weighted by Gasteiger charge is 2.14. The van der Waals surface area contributed by atoms with Gasteiger partial charge in [0.15, 0.2) is 0 Å². The first-order valence-electron chi connectivity index (χ1n) is 6.86. The molecule has 1 aromatic carbocycles. The average molecular weight is 405 g/mol. The molecular weight excluding hydrogens is 396 g/mol. The summed E-state index contributed by atoms with van der Waals surface area (Å²) in [6.45, 7) is 0.0607. The Morgan fingerprint density at radius 2 is 2.12 bits per heavy atom. The molecule has 0 amide bonds. The third-order valence-corrected chi connectivity index (χ3v) is 4.53. The Hall–Kier alpha value is -2.59. The maximum absolute atomic E-state index is 12.3. The van der Waals surface area contributed by atoms with Gasteiger partial charge >= 0.3 is 5.69 Å². The van der Waals surface area contributed by atoms with E-state index in [1.54, 1.807) is 6.07 Å². The van der Waals surface area contributed by atoms with Crippen molar-refractivity contribution in [2.75, 3.05) is 0 Å². The molecule has 120 valence electrons. The first kappa shape index (κ1) is 15.0. The molecule has 3 heterocycles. The summed E-state index contributed by atoms with van der Waals surface area (Å²) in [5, 5.41) is 14.2. The lowest BCUT2D eigenvalue weighted by Gasteiger charge is -1.94. The van der Waals surface area contributed by atoms with Crippen molar-refractivity contribution < 1.29 is 4.52 Å². The molecule has 0 aliphatic carbocycles. The summed E-state index contributed by atoms with van der Waals surface area (Å²) in [6, 6.07) is 11.2. The van der Waals surface area contributed by atoms with E-state index in [0.717, 1.165) is 10.0 Å². The fourth-order valence-electron chi connectivity index (χ4n) is 2.09. The van der Waals surface area contributed by atoms with Crippen LogP contribution < -0.4 is 5.69 Å². The lowest BCUT2D eigenvalue weighted by atomic mass is 10.2. The Morgan fingerprint density at radius 3 is 2.92 bits per heavy atom. The average Bonchev–Trinajstić information content (AvgIpc) is 3.30. The summed E-state index contributed by atoms with van der Waals surface area (Å²) in [4.78, 5) is 16.6. The van der Waals surface area contributed by atoms with Gasteiger partial charge in [-0.15, -0.1) is 11.3 Å². The molecule has 0 N–H and O–H groups in total. The SMILES string of the molecule is O=c1n(Cc2nc(-c3cccc(Br)c3)no2)nnn1-c1cccs1. The van der Waals surface area contributed by atoms with Gasteiger partial charge in [0.25, 0.3) is 0 Å². The number of aromatic nitrogens is 6. The molecule has 0 fully saturated rings. The second kappa shape index (κ2) is 6.13. The standard InChI is InChI=1S/C14H9BrN6O2S/c15-10-4-1-3-9(7-10)13-16-11(23-17-13)8-20-14(22)21(19-18-20)12-5-2-6-24-12/h1-7H,8H2. The molecule has 4 aromatic rings. The lowest BCUT2D eigenvalue weighted by molar-refractivity contribution is 0.363. The van der Waals surface area contributed by atoms with E-state index in [1.807, 2.05) is 35.7 Å². The van der Waals surface area contributed by atoms with E-state index in [1.165, 1.54) is 20.7 Å². The number of benzene rings is 1. The summed E-state index contributed by atoms with van der Waals surface area (Å²) in [5.41, 5.74) is 0.452. The zero-order valence-electron chi connectivity index (χ0n) is 12.0. The largest absolute Gasteiger partial charge is 0.369 e. The maximum Gasteiger partial charge on any atom is 0.369 e. The van der Waals surface area contributed by atoms with Crippen LogP contribution in [0.1, 0.15) is 5.89 Å². The zero-order chi connectivity index (χ0) is 16.5. The van der Waals surface area contributed by atoms with E-state index >= 15 is 0 Å². The van der Waals surface area contributed by atoms with E-state index in [2.05, 4.69) is 36.5 Å². The summed E-state index contributed by atoms with van der Waals surface area (Å²) in [6.07, 6.45) is 0. The quantitative estimate of drug-likeness (QED) is 0.518. The smallest absolute Gasteiger partial charge is 0.337 e. The highest BCUT2D eigenvalue weighted by Crippen LogP contribution is 2.20. The highest BCUT2D eigenvalue weighted by atomic mass is 79.9. The van der Waals surface area contributed by atoms with Crippen molar-refractivity contribution in [3.8, 4) is 16.4 Å². The van der Waals surface area contributed by atoms with Gasteiger partial charge in [-0.1, -0.05) is 33.2 Å². The number of rotatable bonds is 4. The van der Waals surface area contributed by atoms with Crippen LogP contribution in [-0.2, 0) is 6.54 Å². The normalized spacial score (nSPS) is 11.0. The Bertz CT molecular complexity index is 1040. The van der Waals surface area contributed by atoms with Crippen LogP contribution in [0.15, 0.2) is 55.6 Å². The van der Waals surface area contributed by atoms with Crippen LogP contribution >= 0.6 is 27.3 Å². The lowest BCUT2D eigenvalue weighted by Crippen LogP contribution is -2.24. The number of hydrogen-bond acceptors (Lipinski definition) is 7. The fraction of sp³-hybridized carbons (Fsp3) is 0.0714. The van der Waals surface area contributed by atoms with Gasteiger partial charge in [0.1, 0.15) is 11.5 Å². The number of halogens is 1. The van der Waals surface area contributed by atoms with Gasteiger partial charge in [-0.05, 0) is 40.1 Å². The number of thiophene rings is 1. The van der Waals surface area contributed by atoms with Crippen LogP contribution in [0, 0.1) is 0 Å². The predicted octanol–water partition coefficient (Wildman–Crippen LogP) is 2.35. The third-order valence-electron chi connectivity index (χ3n) is 3.19. The van der Waals surface area contributed by atoms with Gasteiger partial charge in [-0.3, -0.25) is 0 Å². The molecule has 0 saturated heterocycles. The number of hydrogen-bond donors (Lipinski definition) is 0. The van der Waals surface area contributed by atoms with Gasteiger partial charge in [-0.2, -0.15) is 14.3 Å². The van der Waals surface area contributed by atoms with E-state index in [0.29, 0.717) is 10.8 Å². The second-order valence-corrected chi connectivity index (χ2v) is 6.65. The number of tetrazole rings is 1. The third kappa shape index (κ3) is 2.81. The Labute approximate surface area is 147 Å². The van der Waals surface area contributed by atoms with Crippen molar-refractivity contribution in [2.24, 2.45) is 0 Å². The van der Waals surface area contributed by atoms with E-state index in [-0.39, 0.29) is 18.1 Å². The topological polar surface area (TPSA) is 91.6 Å². The van der Waals surface area contributed by atoms with Crippen LogP contribution in [0.4, 0.5) is 0 Å². The summed E-state index contributed by atoms with van der Waals surface area (Å²) >= 11 is 4.80. The van der Waals surface area contributed by atoms with E-state index < -0.39 is 0 Å². The summed E-state index contributed by atoms with van der Waals surface area (Å²) < 4.78 is 8.54. The van der Waals surface area contributed by atoms with Crippen LogP contribution in [-0.4, -0.2) is 29.9 Å². The highest BCUT2D eigenvalue weighted by molar-refractivity contribution is 9.10. The molecule has 24 heavy (non-hydrogen) atoms. The van der Waals surface area contributed by atoms with Crippen molar-refractivity contribution in [1.82, 2.24) is 29.9 Å². The second-order valence-electron chi connectivity index (χ2n) is 4.80. The molecule has 0 saturated carbocycles. The minimum atomic E-state index is -0.361. The molecule has 0 spiro atoms. The molecule has 10 heteroatoms. The minimum Gasteiger partial charge on any atom is -0.337 e. The van der Waals surface area contributed by atoms with Crippen molar-refractivity contribution in [3.05, 3.63) is 62.6 Å². The number of nitrogens with zero attached hydrogens (tertiary/aromatic N) is 6. The van der Waals surface area contributed by atoms with E-state index in [9.17, 15) is 4.79 Å². The zero-order valence-corrected chi connectivity index (χ0v) is 14.4. The van der Waals surface area contributed by atoms with Crippen molar-refractivity contribution >= 4 is 27.3 Å². The first-order valence-corrected chi connectivity index (χ1v) is 8.53. The molecule has 0 bridgehead atoms. The van der Waals surface area contributed by atoms with Crippen molar-refractivity contribution in [1.29, 1.82) is 0 Å². The van der Waals surface area contributed by atoms with Crippen LogP contribution in [0.2, 0.25) is 0 Å². The molecule has 3 aromatic heterocycles. The first-order chi connectivity index (χ1) is 11.7. The predicted molar refractivity (Wildman–Crippen MR) is 90.0 cm³/mol. The maximum atomic E-state index is 12.3. The van der Waals surface area contributed by atoms with Crippen LogP contribution in [0.25, 0.3) is 16.4 Å². The molecule has 0 unspecified atom stereocenters. The molecule has 0 aliphatic heterocycles. The van der Waals surface area contributed by atoms with Gasteiger partial charge in [0, 0.05) is 10.0 Å².